The van der Waals surface area contributed by atoms with Crippen LogP contribution in [0.4, 0.5) is 0 Å². The summed E-state index contributed by atoms with van der Waals surface area (Å²) in [5, 5.41) is 11.6. The molecule has 0 aromatic carbocycles. The molecule has 1 atom stereocenters. The third-order valence-electron chi connectivity index (χ3n) is 3.16. The number of piperazine rings is 1. The molecule has 1 heterocycles. The molecule has 5 nitrogen and oxygen atoms in total. The Hall–Kier alpha value is -1.12. The molecule has 1 rings (SSSR count). The van der Waals surface area contributed by atoms with Gasteiger partial charge in [0.25, 0.3) is 0 Å². The van der Waals surface area contributed by atoms with Crippen LogP contribution in [0.1, 0.15) is 13.3 Å². The normalized spacial score (nSPS) is 18.8. The second-order valence-corrected chi connectivity index (χ2v) is 4.53. The van der Waals surface area contributed by atoms with Crippen LogP contribution in [0.15, 0.2) is 0 Å². The number of hydrogen-bond acceptors (Lipinski definition) is 4. The van der Waals surface area contributed by atoms with Gasteiger partial charge in [0, 0.05) is 51.6 Å². The summed E-state index contributed by atoms with van der Waals surface area (Å²) >= 11 is 0. The highest BCUT2D eigenvalue weighted by Gasteiger charge is 2.23. The first-order chi connectivity index (χ1) is 8.19. The van der Waals surface area contributed by atoms with Crippen molar-refractivity contribution in [1.29, 1.82) is 5.26 Å². The fourth-order valence-electron chi connectivity index (χ4n) is 2.11. The van der Waals surface area contributed by atoms with E-state index in [9.17, 15) is 4.79 Å². The zero-order valence-electron chi connectivity index (χ0n) is 10.8. The molecule has 0 radical (unpaired) electrons. The van der Waals surface area contributed by atoms with Crippen LogP contribution in [0.5, 0.6) is 0 Å². The van der Waals surface area contributed by atoms with Crippen molar-refractivity contribution in [2.75, 3.05) is 46.3 Å². The fraction of sp³-hybridized carbons (Fsp3) is 0.833. The summed E-state index contributed by atoms with van der Waals surface area (Å²) in [5.74, 6) is 0.282. The standard InChI is InChI=1S/C12H22N4O/c1-11(10-14-2)12(17)16-8-6-15(7-9-16)5-3-4-13/h11,14H,3,5-10H2,1-2H3. The monoisotopic (exact) mass is 238 g/mol. The van der Waals surface area contributed by atoms with E-state index in [1.54, 1.807) is 0 Å². The summed E-state index contributed by atoms with van der Waals surface area (Å²) in [6, 6.07) is 2.15. The first-order valence-corrected chi connectivity index (χ1v) is 6.21. The smallest absolute Gasteiger partial charge is 0.226 e. The summed E-state index contributed by atoms with van der Waals surface area (Å²) in [5.41, 5.74) is 0. The molecule has 1 aliphatic rings. The van der Waals surface area contributed by atoms with Crippen LogP contribution in [-0.4, -0.2) is 62.0 Å². The van der Waals surface area contributed by atoms with E-state index in [1.807, 2.05) is 18.9 Å². The van der Waals surface area contributed by atoms with Gasteiger partial charge in [0.05, 0.1) is 6.07 Å². The van der Waals surface area contributed by atoms with Gasteiger partial charge in [-0.1, -0.05) is 6.92 Å². The molecule has 1 amide bonds. The molecule has 0 aliphatic carbocycles. The maximum Gasteiger partial charge on any atom is 0.226 e. The van der Waals surface area contributed by atoms with Crippen LogP contribution in [0.2, 0.25) is 0 Å². The van der Waals surface area contributed by atoms with E-state index in [2.05, 4.69) is 16.3 Å². The molecule has 0 saturated carbocycles. The molecule has 17 heavy (non-hydrogen) atoms. The molecular weight excluding hydrogens is 216 g/mol. The number of carbonyl (C=O) groups is 1. The van der Waals surface area contributed by atoms with Gasteiger partial charge in [-0.2, -0.15) is 5.26 Å². The van der Waals surface area contributed by atoms with E-state index in [0.29, 0.717) is 6.42 Å². The van der Waals surface area contributed by atoms with Crippen molar-refractivity contribution in [2.24, 2.45) is 5.92 Å². The van der Waals surface area contributed by atoms with Crippen LogP contribution in [0.25, 0.3) is 0 Å². The van der Waals surface area contributed by atoms with Crippen molar-refractivity contribution in [1.82, 2.24) is 15.1 Å². The molecule has 0 aromatic rings. The van der Waals surface area contributed by atoms with Crippen molar-refractivity contribution in [3.8, 4) is 6.07 Å². The zero-order valence-corrected chi connectivity index (χ0v) is 10.8. The third-order valence-corrected chi connectivity index (χ3v) is 3.16. The molecule has 1 aliphatic heterocycles. The molecular formula is C12H22N4O. The fourth-order valence-corrected chi connectivity index (χ4v) is 2.11. The van der Waals surface area contributed by atoms with Crippen LogP contribution < -0.4 is 5.32 Å². The van der Waals surface area contributed by atoms with E-state index < -0.39 is 0 Å². The molecule has 5 heteroatoms. The number of amides is 1. The van der Waals surface area contributed by atoms with E-state index >= 15 is 0 Å². The maximum atomic E-state index is 12.0. The van der Waals surface area contributed by atoms with Crippen molar-refractivity contribution in [3.63, 3.8) is 0 Å². The number of nitrogens with one attached hydrogen (secondary N) is 1. The minimum absolute atomic E-state index is 0.0469. The van der Waals surface area contributed by atoms with Gasteiger partial charge in [0.15, 0.2) is 0 Å². The highest BCUT2D eigenvalue weighted by atomic mass is 16.2. The largest absolute Gasteiger partial charge is 0.340 e. The van der Waals surface area contributed by atoms with Crippen molar-refractivity contribution >= 4 is 5.91 Å². The molecule has 96 valence electrons. The number of rotatable bonds is 5. The van der Waals surface area contributed by atoms with E-state index in [1.165, 1.54) is 0 Å². The number of carbonyl (C=O) groups excluding carboxylic acids is 1. The van der Waals surface area contributed by atoms with Gasteiger partial charge in [-0.3, -0.25) is 9.69 Å². The zero-order chi connectivity index (χ0) is 12.7. The number of hydrogen-bond donors (Lipinski definition) is 1. The second kappa shape index (κ2) is 7.25. The van der Waals surface area contributed by atoms with Gasteiger partial charge < -0.3 is 10.2 Å². The minimum atomic E-state index is 0.0469. The third kappa shape index (κ3) is 4.33. The molecule has 1 fully saturated rings. The van der Waals surface area contributed by atoms with Gasteiger partial charge in [0.2, 0.25) is 5.91 Å². The van der Waals surface area contributed by atoms with Gasteiger partial charge in [0.1, 0.15) is 0 Å². The number of nitrogens with zero attached hydrogens (tertiary/aromatic N) is 3. The molecule has 1 saturated heterocycles. The molecule has 0 aromatic heterocycles. The van der Waals surface area contributed by atoms with E-state index in [0.717, 1.165) is 39.3 Å². The number of nitriles is 1. The summed E-state index contributed by atoms with van der Waals surface area (Å²) in [7, 11) is 1.86. The Morgan fingerprint density at radius 2 is 2.06 bits per heavy atom. The minimum Gasteiger partial charge on any atom is -0.340 e. The Balaban J connectivity index is 2.31. The Morgan fingerprint density at radius 1 is 1.41 bits per heavy atom. The molecule has 1 unspecified atom stereocenters. The van der Waals surface area contributed by atoms with Gasteiger partial charge in [-0.15, -0.1) is 0 Å². The summed E-state index contributed by atoms with van der Waals surface area (Å²) in [4.78, 5) is 16.2. The quantitative estimate of drug-likeness (QED) is 0.726. The molecule has 0 spiro atoms. The molecule has 0 bridgehead atoms. The average Bonchev–Trinajstić information content (AvgIpc) is 2.36. The Bertz CT molecular complexity index is 279. The van der Waals surface area contributed by atoms with Crippen LogP contribution in [0.3, 0.4) is 0 Å². The summed E-state index contributed by atoms with van der Waals surface area (Å²) in [6.07, 6.45) is 0.574. The van der Waals surface area contributed by atoms with Crippen LogP contribution in [-0.2, 0) is 4.79 Å². The van der Waals surface area contributed by atoms with Crippen molar-refractivity contribution < 1.29 is 4.79 Å². The first kappa shape index (κ1) is 13.9. The SMILES string of the molecule is CNCC(C)C(=O)N1CCN(CCC#N)CC1. The van der Waals surface area contributed by atoms with Crippen molar-refractivity contribution in [3.05, 3.63) is 0 Å². The highest BCUT2D eigenvalue weighted by molar-refractivity contribution is 5.78. The topological polar surface area (TPSA) is 59.4 Å². The lowest BCUT2D eigenvalue weighted by atomic mass is 10.1. The Kier molecular flexibility index (Phi) is 5.95. The lowest BCUT2D eigenvalue weighted by Crippen LogP contribution is -2.51. The van der Waals surface area contributed by atoms with Crippen LogP contribution in [0, 0.1) is 17.2 Å². The van der Waals surface area contributed by atoms with Crippen molar-refractivity contribution in [2.45, 2.75) is 13.3 Å². The Morgan fingerprint density at radius 3 is 2.59 bits per heavy atom. The van der Waals surface area contributed by atoms with Gasteiger partial charge >= 0.3 is 0 Å². The second-order valence-electron chi connectivity index (χ2n) is 4.53. The Labute approximate surface area is 103 Å². The lowest BCUT2D eigenvalue weighted by molar-refractivity contribution is -0.136. The predicted molar refractivity (Wildman–Crippen MR) is 66.3 cm³/mol. The summed E-state index contributed by atoms with van der Waals surface area (Å²) < 4.78 is 0. The molecule has 1 N–H and O–H groups in total. The highest BCUT2D eigenvalue weighted by Crippen LogP contribution is 2.07. The summed E-state index contributed by atoms with van der Waals surface area (Å²) in [6.45, 7) is 6.87. The first-order valence-electron chi connectivity index (χ1n) is 6.21. The predicted octanol–water partition coefficient (Wildman–Crippen LogP) is -0.100. The average molecular weight is 238 g/mol. The van der Waals surface area contributed by atoms with Gasteiger partial charge in [-0.25, -0.2) is 0 Å². The van der Waals surface area contributed by atoms with E-state index in [4.69, 9.17) is 5.26 Å². The van der Waals surface area contributed by atoms with Crippen LogP contribution >= 0.6 is 0 Å². The maximum absolute atomic E-state index is 12.0. The van der Waals surface area contributed by atoms with E-state index in [-0.39, 0.29) is 11.8 Å². The lowest BCUT2D eigenvalue weighted by Gasteiger charge is -2.35. The van der Waals surface area contributed by atoms with Gasteiger partial charge in [-0.05, 0) is 7.05 Å².